The van der Waals surface area contributed by atoms with E-state index in [4.69, 9.17) is 9.47 Å². The van der Waals surface area contributed by atoms with Crippen molar-refractivity contribution in [2.24, 2.45) is 50.2 Å². The van der Waals surface area contributed by atoms with Crippen molar-refractivity contribution < 1.29 is 39.5 Å². The highest BCUT2D eigenvalue weighted by atomic mass is 16.6. The van der Waals surface area contributed by atoms with Crippen LogP contribution in [0, 0.1) is 50.2 Å². The molecule has 52 heavy (non-hydrogen) atoms. The van der Waals surface area contributed by atoms with Gasteiger partial charge in [-0.1, -0.05) is 83.5 Å². The van der Waals surface area contributed by atoms with Crippen molar-refractivity contribution in [3.63, 3.8) is 0 Å². The molecule has 8 nitrogen and oxygen atoms in total. The molecule has 0 aromatic heterocycles. The van der Waals surface area contributed by atoms with Crippen LogP contribution >= 0.6 is 0 Å². The first-order chi connectivity index (χ1) is 24.4. The number of carbonyl (C=O) groups is 2. The lowest BCUT2D eigenvalue weighted by Crippen LogP contribution is -2.76. The summed E-state index contributed by atoms with van der Waals surface area (Å²) in [7, 11) is 0. The number of rotatable bonds is 7. The Morgan fingerprint density at radius 2 is 1.62 bits per heavy atom. The van der Waals surface area contributed by atoms with Gasteiger partial charge < -0.3 is 29.9 Å². The Morgan fingerprint density at radius 3 is 2.21 bits per heavy atom. The van der Waals surface area contributed by atoms with Crippen molar-refractivity contribution in [3.05, 3.63) is 71.8 Å². The molecule has 0 spiro atoms. The molecule has 8 heteroatoms. The van der Waals surface area contributed by atoms with E-state index in [9.17, 15) is 30.0 Å². The van der Waals surface area contributed by atoms with Gasteiger partial charge in [-0.05, 0) is 105 Å². The Morgan fingerprint density at radius 1 is 0.942 bits per heavy atom. The fourth-order valence-corrected chi connectivity index (χ4v) is 12.7. The minimum absolute atomic E-state index is 0.0991. The lowest BCUT2D eigenvalue weighted by molar-refractivity contribution is -0.287. The Labute approximate surface area is 310 Å². The van der Waals surface area contributed by atoms with Gasteiger partial charge in [-0.2, -0.15) is 0 Å². The van der Waals surface area contributed by atoms with Crippen molar-refractivity contribution in [1.82, 2.24) is 0 Å². The van der Waals surface area contributed by atoms with Crippen LogP contribution in [0.15, 0.2) is 66.3 Å². The quantitative estimate of drug-likeness (QED) is 0.135. The molecule has 0 amide bonds. The molecule has 1 aromatic carbocycles. The average molecular weight is 719 g/mol. The highest BCUT2D eigenvalue weighted by molar-refractivity contribution is 5.90. The summed E-state index contributed by atoms with van der Waals surface area (Å²) < 4.78 is 12.6. The first-order valence-electron chi connectivity index (χ1n) is 19.5. The number of benzene rings is 1. The van der Waals surface area contributed by atoms with Crippen molar-refractivity contribution in [2.75, 3.05) is 6.61 Å². The molecule has 0 heterocycles. The van der Waals surface area contributed by atoms with E-state index in [1.54, 1.807) is 56.3 Å². The maximum Gasteiger partial charge on any atom is 0.338 e. The van der Waals surface area contributed by atoms with Crippen molar-refractivity contribution in [3.8, 4) is 0 Å². The third-order valence-electron chi connectivity index (χ3n) is 16.5. The topological polar surface area (TPSA) is 134 Å². The maximum atomic E-state index is 14.0. The maximum absolute atomic E-state index is 14.0. The van der Waals surface area contributed by atoms with Gasteiger partial charge in [0.05, 0.1) is 35.9 Å². The summed E-state index contributed by atoms with van der Waals surface area (Å²) in [5.74, 6) is -1.35. The molecule has 3 unspecified atom stereocenters. The predicted molar refractivity (Wildman–Crippen MR) is 200 cm³/mol. The van der Waals surface area contributed by atoms with E-state index in [1.807, 2.05) is 6.92 Å². The van der Waals surface area contributed by atoms with E-state index in [-0.39, 0.29) is 28.4 Å². The molecule has 0 aliphatic heterocycles. The number of aliphatic hydroxyl groups excluding tert-OH is 4. The Balaban J connectivity index is 1.53. The number of fused-ring (bicyclic) bond motifs is 7. The molecule has 1 aromatic rings. The first kappa shape index (κ1) is 38.9. The van der Waals surface area contributed by atoms with Crippen LogP contribution in [0.2, 0.25) is 0 Å². The number of allylic oxidation sites excluding steroid dienone is 2. The fraction of sp³-hybridized carbons (Fsp3) is 0.682. The summed E-state index contributed by atoms with van der Waals surface area (Å²) in [6.45, 7) is 20.1. The fourth-order valence-electron chi connectivity index (χ4n) is 12.7. The molecule has 14 atom stereocenters. The molecule has 4 N–H and O–H groups in total. The van der Waals surface area contributed by atoms with Gasteiger partial charge in [-0.3, -0.25) is 0 Å². The molecular formula is C44H62O8. The van der Waals surface area contributed by atoms with Gasteiger partial charge in [-0.25, -0.2) is 9.59 Å². The van der Waals surface area contributed by atoms with Crippen LogP contribution in [0.3, 0.4) is 0 Å². The molecule has 0 radical (unpaired) electrons. The standard InChI is InChI=1S/C44H62O8/c1-10-26(4)37(49)51-35-36(52-38(50)27-16-14-13-15-17-27)44(25-45)29(24-39(35,5)11-2)28-18-19-31-41(7)22-21-32(46)40(6,12-3)30(41)20-23-42(31,8)43(28,9)33(47)34(44)48/h10-11,13-18,29-36,45-48H,2,12,19-25H2,1,3-9H3/b26-10-/t29?,30?,31?,32-,33-,34+,35-,36-,39+,40+,41-,42+,43-,44-/m0/s1. The van der Waals surface area contributed by atoms with E-state index in [0.29, 0.717) is 17.9 Å². The van der Waals surface area contributed by atoms with Gasteiger partial charge in [0.2, 0.25) is 0 Å². The lowest BCUT2D eigenvalue weighted by atomic mass is 9.32. The van der Waals surface area contributed by atoms with Crippen LogP contribution in [-0.4, -0.2) is 69.5 Å². The smallest absolute Gasteiger partial charge is 0.338 e. The molecular weight excluding hydrogens is 656 g/mol. The number of aliphatic hydroxyl groups is 4. The molecule has 0 saturated heterocycles. The second-order valence-electron chi connectivity index (χ2n) is 18.2. The monoisotopic (exact) mass is 718 g/mol. The van der Waals surface area contributed by atoms with E-state index in [0.717, 1.165) is 44.1 Å². The summed E-state index contributed by atoms with van der Waals surface area (Å²) in [6.07, 6.45) is 5.28. The van der Waals surface area contributed by atoms with Crippen LogP contribution in [0.4, 0.5) is 0 Å². The zero-order valence-corrected chi connectivity index (χ0v) is 32.5. The van der Waals surface area contributed by atoms with Crippen LogP contribution in [-0.2, 0) is 14.3 Å². The number of carbonyl (C=O) groups excluding carboxylic acids is 2. The molecule has 286 valence electrons. The highest BCUT2D eigenvalue weighted by Crippen LogP contribution is 2.76. The minimum Gasteiger partial charge on any atom is -0.454 e. The van der Waals surface area contributed by atoms with Gasteiger partial charge in [-0.15, -0.1) is 6.58 Å². The summed E-state index contributed by atoms with van der Waals surface area (Å²) >= 11 is 0. The van der Waals surface area contributed by atoms with Gasteiger partial charge in [0, 0.05) is 16.4 Å². The molecule has 4 saturated carbocycles. The molecule has 6 rings (SSSR count). The Bertz CT molecular complexity index is 1640. The first-order valence-corrected chi connectivity index (χ1v) is 19.5. The zero-order valence-electron chi connectivity index (χ0n) is 32.5. The van der Waals surface area contributed by atoms with Crippen molar-refractivity contribution in [2.45, 2.75) is 131 Å². The van der Waals surface area contributed by atoms with Crippen LogP contribution < -0.4 is 0 Å². The summed E-state index contributed by atoms with van der Waals surface area (Å²) in [6, 6.07) is 8.50. The van der Waals surface area contributed by atoms with Gasteiger partial charge in [0.1, 0.15) is 6.10 Å². The average Bonchev–Trinajstić information content (AvgIpc) is 3.14. The van der Waals surface area contributed by atoms with Gasteiger partial charge >= 0.3 is 11.9 Å². The second kappa shape index (κ2) is 13.2. The van der Waals surface area contributed by atoms with E-state index in [2.05, 4.69) is 47.3 Å². The van der Waals surface area contributed by atoms with Crippen LogP contribution in [0.5, 0.6) is 0 Å². The third kappa shape index (κ3) is 5.06. The summed E-state index contributed by atoms with van der Waals surface area (Å²) in [5.41, 5.74) is -2.59. The molecule has 5 aliphatic rings. The van der Waals surface area contributed by atoms with E-state index >= 15 is 0 Å². The second-order valence-corrected chi connectivity index (χ2v) is 18.2. The summed E-state index contributed by atoms with van der Waals surface area (Å²) in [4.78, 5) is 27.4. The molecule has 0 bridgehead atoms. The van der Waals surface area contributed by atoms with E-state index in [1.165, 1.54) is 0 Å². The number of esters is 2. The third-order valence-corrected chi connectivity index (χ3v) is 16.5. The Kier molecular flexibility index (Phi) is 9.89. The number of ether oxygens (including phenoxy) is 2. The largest absolute Gasteiger partial charge is 0.454 e. The molecule has 4 fully saturated rings. The van der Waals surface area contributed by atoms with Crippen molar-refractivity contribution >= 4 is 11.9 Å². The molecule has 5 aliphatic carbocycles. The minimum atomic E-state index is -1.60. The lowest BCUT2D eigenvalue weighted by Gasteiger charge is -2.73. The van der Waals surface area contributed by atoms with Crippen LogP contribution in [0.25, 0.3) is 0 Å². The van der Waals surface area contributed by atoms with E-state index < -0.39 is 70.5 Å². The predicted octanol–water partition coefficient (Wildman–Crippen LogP) is 6.96. The van der Waals surface area contributed by atoms with Crippen LogP contribution in [0.1, 0.15) is 111 Å². The van der Waals surface area contributed by atoms with Gasteiger partial charge in [0.15, 0.2) is 6.10 Å². The SMILES string of the molecule is C=C[C@]1(C)CC2C3=CCC4[C@@]5(C)CC[C@H](O)[C@](C)(CC)C5CC[C@@]4(C)[C@]3(C)[C@@H](O)[C@@H](O)[C@@]2(CO)[C@@H](OC(=O)c2ccccc2)[C@@H]1OC(=O)/C(C)=C\C. The number of hydrogen-bond acceptors (Lipinski definition) is 8. The zero-order chi connectivity index (χ0) is 38.2. The van der Waals surface area contributed by atoms with Crippen molar-refractivity contribution in [1.29, 1.82) is 0 Å². The number of hydrogen-bond donors (Lipinski definition) is 4. The highest BCUT2D eigenvalue weighted by Gasteiger charge is 2.76. The normalized spacial score (nSPS) is 47.1. The summed E-state index contributed by atoms with van der Waals surface area (Å²) in [5, 5.41) is 48.5. The van der Waals surface area contributed by atoms with Gasteiger partial charge in [0.25, 0.3) is 0 Å². The Hall–Kier alpha value is -2.78.